The topological polar surface area (TPSA) is 99.7 Å². The Kier molecular flexibility index (Phi) is 9.22. The second-order valence-electron chi connectivity index (χ2n) is 6.89. The van der Waals surface area contributed by atoms with Crippen LogP contribution in [0.1, 0.15) is 30.9 Å². The molecule has 1 fully saturated rings. The summed E-state index contributed by atoms with van der Waals surface area (Å²) in [6.07, 6.45) is 2.66. The van der Waals surface area contributed by atoms with Crippen LogP contribution in [0.15, 0.2) is 23.2 Å². The number of guanidine groups is 1. The minimum Gasteiger partial charge on any atom is -0.357 e. The maximum Gasteiger partial charge on any atom is 0.222 e. The lowest BCUT2D eigenvalue weighted by Gasteiger charge is -2.14. The first-order valence-electron chi connectivity index (χ1n) is 9.61. The van der Waals surface area contributed by atoms with Crippen LogP contribution in [0.5, 0.6) is 0 Å². The van der Waals surface area contributed by atoms with Gasteiger partial charge in [-0.05, 0) is 42.9 Å². The molecule has 0 spiro atoms. The molecule has 0 aliphatic carbocycles. The quantitative estimate of drug-likeness (QED) is 0.394. The van der Waals surface area contributed by atoms with Crippen molar-refractivity contribution in [2.75, 3.05) is 30.9 Å². The zero-order chi connectivity index (χ0) is 21.3. The zero-order valence-electron chi connectivity index (χ0n) is 16.8. The van der Waals surface area contributed by atoms with Crippen LogP contribution in [-0.4, -0.2) is 57.2 Å². The molecule has 1 saturated heterocycles. The molecule has 29 heavy (non-hydrogen) atoms. The third-order valence-electron chi connectivity index (χ3n) is 4.46. The number of aliphatic imine (C=N–C) groups is 1. The van der Waals surface area contributed by atoms with E-state index in [-0.39, 0.29) is 35.7 Å². The van der Waals surface area contributed by atoms with E-state index >= 15 is 0 Å². The molecule has 1 atom stereocenters. The Bertz CT molecular complexity index is 831. The summed E-state index contributed by atoms with van der Waals surface area (Å²) in [5.41, 5.74) is 1.88. The Hall–Kier alpha value is -1.81. The molecule has 0 aromatic heterocycles. The van der Waals surface area contributed by atoms with Gasteiger partial charge in [-0.1, -0.05) is 6.07 Å². The summed E-state index contributed by atoms with van der Waals surface area (Å²) in [5.74, 6) is 0.998. The van der Waals surface area contributed by atoms with Crippen molar-refractivity contribution in [1.29, 1.82) is 0 Å². The average Bonchev–Trinajstić information content (AvgIpc) is 2.99. The van der Waals surface area contributed by atoms with Crippen LogP contribution < -0.4 is 16.0 Å². The number of sulfone groups is 1. The lowest BCUT2D eigenvalue weighted by atomic mass is 10.1. The van der Waals surface area contributed by atoms with Gasteiger partial charge in [0.05, 0.1) is 18.1 Å². The van der Waals surface area contributed by atoms with Crippen LogP contribution in [0.2, 0.25) is 0 Å². The number of thioether (sulfide) groups is 1. The van der Waals surface area contributed by atoms with Gasteiger partial charge in [-0.15, -0.1) is 0 Å². The number of rotatable bonds is 9. The Labute approximate surface area is 176 Å². The van der Waals surface area contributed by atoms with Gasteiger partial charge >= 0.3 is 0 Å². The molecule has 3 N–H and O–H groups in total. The lowest BCUT2D eigenvalue weighted by molar-refractivity contribution is -0.121. The van der Waals surface area contributed by atoms with Gasteiger partial charge in [0, 0.05) is 31.3 Å². The summed E-state index contributed by atoms with van der Waals surface area (Å²) in [6, 6.07) is 4.43. The summed E-state index contributed by atoms with van der Waals surface area (Å²) in [5, 5.41) is 9.00. The lowest BCUT2D eigenvalue weighted by Crippen LogP contribution is -2.41. The first kappa shape index (κ1) is 23.5. The second-order valence-corrected chi connectivity index (χ2v) is 9.98. The third kappa shape index (κ3) is 8.22. The van der Waals surface area contributed by atoms with Crippen LogP contribution in [0.25, 0.3) is 0 Å². The van der Waals surface area contributed by atoms with Crippen LogP contribution in [-0.2, 0) is 26.9 Å². The number of carbonyl (C=O) groups is 1. The third-order valence-corrected chi connectivity index (χ3v) is 6.83. The number of nitrogens with one attached hydrogen (secondary N) is 3. The Morgan fingerprint density at radius 3 is 2.76 bits per heavy atom. The van der Waals surface area contributed by atoms with E-state index in [1.165, 1.54) is 12.1 Å². The molecule has 1 aliphatic rings. The Morgan fingerprint density at radius 1 is 1.31 bits per heavy atom. The predicted octanol–water partition coefficient (Wildman–Crippen LogP) is 1.44. The van der Waals surface area contributed by atoms with Crippen molar-refractivity contribution >= 4 is 33.5 Å². The Balaban J connectivity index is 1.85. The fourth-order valence-corrected chi connectivity index (χ4v) is 5.30. The van der Waals surface area contributed by atoms with Crippen molar-refractivity contribution in [3.8, 4) is 0 Å². The average molecular weight is 445 g/mol. The molecule has 0 radical (unpaired) electrons. The molecule has 1 aliphatic heterocycles. The van der Waals surface area contributed by atoms with Crippen molar-refractivity contribution in [2.24, 2.45) is 4.99 Å². The summed E-state index contributed by atoms with van der Waals surface area (Å²) in [7, 11) is -3.01. The van der Waals surface area contributed by atoms with E-state index in [2.05, 4.69) is 20.9 Å². The maximum absolute atomic E-state index is 13.5. The Morgan fingerprint density at radius 2 is 2.10 bits per heavy atom. The normalized spacial score (nSPS) is 18.4. The number of carbonyl (C=O) groups excluding carboxylic acids is 1. The van der Waals surface area contributed by atoms with E-state index in [4.69, 9.17) is 0 Å². The minimum atomic E-state index is -3.01. The molecule has 2 rings (SSSR count). The van der Waals surface area contributed by atoms with Crippen LogP contribution in [0.3, 0.4) is 0 Å². The maximum atomic E-state index is 13.5. The molecule has 1 heterocycles. The standard InChI is InChI=1S/C19H29FN4O3S2/c1-3-21-19(23-11-14-4-5-16(20)10-15(14)12-28-2)22-8-6-18(25)24-17-7-9-29(26,27)13-17/h4-5,10,17H,3,6-9,11-13H2,1-2H3,(H,24,25)(H2,21,22,23). The molecule has 1 aromatic carbocycles. The van der Waals surface area contributed by atoms with Gasteiger partial charge in [0.15, 0.2) is 15.8 Å². The van der Waals surface area contributed by atoms with Crippen molar-refractivity contribution in [3.05, 3.63) is 35.1 Å². The highest BCUT2D eigenvalue weighted by atomic mass is 32.2. The molecule has 10 heteroatoms. The van der Waals surface area contributed by atoms with Gasteiger partial charge in [-0.25, -0.2) is 17.8 Å². The smallest absolute Gasteiger partial charge is 0.222 e. The van der Waals surface area contributed by atoms with Gasteiger partial charge in [-0.2, -0.15) is 11.8 Å². The van der Waals surface area contributed by atoms with Crippen LogP contribution >= 0.6 is 11.8 Å². The van der Waals surface area contributed by atoms with Crippen LogP contribution in [0.4, 0.5) is 4.39 Å². The van der Waals surface area contributed by atoms with Gasteiger partial charge < -0.3 is 16.0 Å². The largest absolute Gasteiger partial charge is 0.357 e. The van der Waals surface area contributed by atoms with Crippen molar-refractivity contribution in [2.45, 2.75) is 38.1 Å². The number of hydrogen-bond acceptors (Lipinski definition) is 5. The molecule has 1 amide bonds. The first-order chi connectivity index (χ1) is 13.8. The van der Waals surface area contributed by atoms with Gasteiger partial charge in [0.25, 0.3) is 0 Å². The van der Waals surface area contributed by atoms with Gasteiger partial charge in [-0.3, -0.25) is 4.79 Å². The highest BCUT2D eigenvalue weighted by molar-refractivity contribution is 7.97. The number of amides is 1. The summed E-state index contributed by atoms with van der Waals surface area (Å²) in [4.78, 5) is 16.6. The minimum absolute atomic E-state index is 0.0202. The van der Waals surface area contributed by atoms with E-state index in [0.29, 0.717) is 37.8 Å². The summed E-state index contributed by atoms with van der Waals surface area (Å²) >= 11 is 1.62. The predicted molar refractivity (Wildman–Crippen MR) is 116 cm³/mol. The number of halogens is 1. The molecule has 1 aromatic rings. The van der Waals surface area contributed by atoms with E-state index in [9.17, 15) is 17.6 Å². The van der Waals surface area contributed by atoms with E-state index in [1.807, 2.05) is 13.2 Å². The van der Waals surface area contributed by atoms with Crippen molar-refractivity contribution < 1.29 is 17.6 Å². The fourth-order valence-electron chi connectivity index (χ4n) is 3.05. The zero-order valence-corrected chi connectivity index (χ0v) is 18.5. The van der Waals surface area contributed by atoms with Crippen molar-refractivity contribution in [1.82, 2.24) is 16.0 Å². The van der Waals surface area contributed by atoms with Gasteiger partial charge in [0.1, 0.15) is 5.82 Å². The molecular weight excluding hydrogens is 415 g/mol. The van der Waals surface area contributed by atoms with E-state index in [1.54, 1.807) is 17.8 Å². The molecule has 1 unspecified atom stereocenters. The summed E-state index contributed by atoms with van der Waals surface area (Å²) in [6.45, 7) is 3.39. The SMILES string of the molecule is CCNC(=NCc1ccc(F)cc1CSC)NCCC(=O)NC1CCS(=O)(=O)C1. The molecule has 0 bridgehead atoms. The van der Waals surface area contributed by atoms with Crippen molar-refractivity contribution in [3.63, 3.8) is 0 Å². The van der Waals surface area contributed by atoms with Gasteiger partial charge in [0.2, 0.25) is 5.91 Å². The fraction of sp³-hybridized carbons (Fsp3) is 0.579. The highest BCUT2D eigenvalue weighted by Crippen LogP contribution is 2.17. The van der Waals surface area contributed by atoms with E-state index < -0.39 is 9.84 Å². The monoisotopic (exact) mass is 444 g/mol. The molecule has 0 saturated carbocycles. The molecular formula is C19H29FN4O3S2. The summed E-state index contributed by atoms with van der Waals surface area (Å²) < 4.78 is 36.4. The van der Waals surface area contributed by atoms with Crippen LogP contribution in [0, 0.1) is 5.82 Å². The number of benzene rings is 1. The molecule has 7 nitrogen and oxygen atoms in total. The highest BCUT2D eigenvalue weighted by Gasteiger charge is 2.28. The number of nitrogens with zero attached hydrogens (tertiary/aromatic N) is 1. The second kappa shape index (κ2) is 11.4. The van der Waals surface area contributed by atoms with E-state index in [0.717, 1.165) is 11.1 Å². The molecule has 162 valence electrons. The number of hydrogen-bond donors (Lipinski definition) is 3. The first-order valence-corrected chi connectivity index (χ1v) is 12.8.